The van der Waals surface area contributed by atoms with E-state index in [1.807, 2.05) is 44.2 Å². The smallest absolute Gasteiger partial charge is 0.237 e. The quantitative estimate of drug-likeness (QED) is 0.708. The monoisotopic (exact) mass is 236 g/mol. The van der Waals surface area contributed by atoms with Crippen molar-refractivity contribution < 1.29 is 9.90 Å². The Balaban J connectivity index is 2.68. The third-order valence-electron chi connectivity index (χ3n) is 2.72. The standard InChI is InChI=1S/C13H20N2O2/c1-9(2)12(14)13(17)15-11(8-16)10-6-4-3-5-7-10/h3-7,9,11-12,16H,8,14H2,1-2H3,(H,15,17)/t11-,12?/m1/s1. The Labute approximate surface area is 102 Å². The highest BCUT2D eigenvalue weighted by Gasteiger charge is 2.20. The second-order valence-electron chi connectivity index (χ2n) is 4.42. The first kappa shape index (κ1) is 13.7. The zero-order chi connectivity index (χ0) is 12.8. The van der Waals surface area contributed by atoms with Gasteiger partial charge in [0.25, 0.3) is 0 Å². The van der Waals surface area contributed by atoms with Crippen LogP contribution in [0.3, 0.4) is 0 Å². The number of nitrogens with two attached hydrogens (primary N) is 1. The van der Waals surface area contributed by atoms with Crippen molar-refractivity contribution in [2.75, 3.05) is 6.61 Å². The van der Waals surface area contributed by atoms with Crippen LogP contribution in [0.15, 0.2) is 30.3 Å². The fraction of sp³-hybridized carbons (Fsp3) is 0.462. The summed E-state index contributed by atoms with van der Waals surface area (Å²) in [6.45, 7) is 3.64. The van der Waals surface area contributed by atoms with Crippen molar-refractivity contribution in [3.63, 3.8) is 0 Å². The van der Waals surface area contributed by atoms with Crippen molar-refractivity contribution >= 4 is 5.91 Å². The Morgan fingerprint density at radius 3 is 2.41 bits per heavy atom. The predicted molar refractivity (Wildman–Crippen MR) is 67.2 cm³/mol. The lowest BCUT2D eigenvalue weighted by Gasteiger charge is -2.21. The molecule has 4 nitrogen and oxygen atoms in total. The van der Waals surface area contributed by atoms with Gasteiger partial charge in [-0.15, -0.1) is 0 Å². The van der Waals surface area contributed by atoms with E-state index in [2.05, 4.69) is 5.32 Å². The molecular weight excluding hydrogens is 216 g/mol. The molecule has 0 fully saturated rings. The maximum atomic E-state index is 11.8. The summed E-state index contributed by atoms with van der Waals surface area (Å²) < 4.78 is 0. The van der Waals surface area contributed by atoms with E-state index in [1.54, 1.807) is 0 Å². The largest absolute Gasteiger partial charge is 0.394 e. The highest BCUT2D eigenvalue weighted by molar-refractivity contribution is 5.82. The molecule has 17 heavy (non-hydrogen) atoms. The molecule has 94 valence electrons. The molecule has 1 amide bonds. The number of benzene rings is 1. The Morgan fingerprint density at radius 1 is 1.35 bits per heavy atom. The lowest BCUT2D eigenvalue weighted by atomic mass is 10.0. The van der Waals surface area contributed by atoms with Crippen LogP contribution in [-0.2, 0) is 4.79 Å². The second kappa shape index (κ2) is 6.37. The summed E-state index contributed by atoms with van der Waals surface area (Å²) >= 11 is 0. The van der Waals surface area contributed by atoms with Crippen LogP contribution in [0.4, 0.5) is 0 Å². The van der Waals surface area contributed by atoms with Gasteiger partial charge in [0.2, 0.25) is 5.91 Å². The van der Waals surface area contributed by atoms with Crippen LogP contribution >= 0.6 is 0 Å². The van der Waals surface area contributed by atoms with Crippen LogP contribution in [0, 0.1) is 5.92 Å². The normalized spacial score (nSPS) is 14.4. The number of rotatable bonds is 5. The first-order valence-corrected chi connectivity index (χ1v) is 5.78. The maximum absolute atomic E-state index is 11.8. The average Bonchev–Trinajstić information content (AvgIpc) is 2.35. The molecule has 0 heterocycles. The van der Waals surface area contributed by atoms with Crippen LogP contribution in [-0.4, -0.2) is 23.7 Å². The molecule has 4 N–H and O–H groups in total. The first-order valence-electron chi connectivity index (χ1n) is 5.78. The van der Waals surface area contributed by atoms with Crippen molar-refractivity contribution in [3.05, 3.63) is 35.9 Å². The molecule has 0 radical (unpaired) electrons. The van der Waals surface area contributed by atoms with Crippen LogP contribution in [0.25, 0.3) is 0 Å². The van der Waals surface area contributed by atoms with E-state index < -0.39 is 12.1 Å². The van der Waals surface area contributed by atoms with E-state index in [0.29, 0.717) is 0 Å². The van der Waals surface area contributed by atoms with E-state index in [4.69, 9.17) is 5.73 Å². The SMILES string of the molecule is CC(C)C(N)C(=O)N[C@H](CO)c1ccccc1. The van der Waals surface area contributed by atoms with Crippen LogP contribution in [0.1, 0.15) is 25.5 Å². The van der Waals surface area contributed by atoms with Gasteiger partial charge in [0.05, 0.1) is 18.7 Å². The maximum Gasteiger partial charge on any atom is 0.237 e. The zero-order valence-corrected chi connectivity index (χ0v) is 10.3. The van der Waals surface area contributed by atoms with E-state index in [1.165, 1.54) is 0 Å². The van der Waals surface area contributed by atoms with Gasteiger partial charge in [0.1, 0.15) is 0 Å². The number of nitrogens with one attached hydrogen (secondary N) is 1. The van der Waals surface area contributed by atoms with Crippen molar-refractivity contribution in [1.29, 1.82) is 0 Å². The number of aliphatic hydroxyl groups excluding tert-OH is 1. The van der Waals surface area contributed by atoms with E-state index in [9.17, 15) is 9.90 Å². The van der Waals surface area contributed by atoms with Gasteiger partial charge < -0.3 is 16.2 Å². The van der Waals surface area contributed by atoms with Crippen molar-refractivity contribution in [2.24, 2.45) is 11.7 Å². The molecule has 0 aliphatic heterocycles. The molecule has 0 bridgehead atoms. The van der Waals surface area contributed by atoms with E-state index >= 15 is 0 Å². The molecule has 1 aromatic carbocycles. The fourth-order valence-electron chi connectivity index (χ4n) is 1.49. The molecule has 0 spiro atoms. The third-order valence-corrected chi connectivity index (χ3v) is 2.72. The Bertz CT molecular complexity index is 352. The van der Waals surface area contributed by atoms with Crippen LogP contribution < -0.4 is 11.1 Å². The fourth-order valence-corrected chi connectivity index (χ4v) is 1.49. The molecule has 1 unspecified atom stereocenters. The van der Waals surface area contributed by atoms with Crippen LogP contribution in [0.2, 0.25) is 0 Å². The predicted octanol–water partition coefficient (Wildman–Crippen LogP) is 0.819. The topological polar surface area (TPSA) is 75.4 Å². The highest BCUT2D eigenvalue weighted by Crippen LogP contribution is 2.12. The van der Waals surface area contributed by atoms with Gasteiger partial charge in [-0.1, -0.05) is 44.2 Å². The molecule has 0 aliphatic carbocycles. The summed E-state index contributed by atoms with van der Waals surface area (Å²) in [5, 5.41) is 12.0. The van der Waals surface area contributed by atoms with Gasteiger partial charge in [0, 0.05) is 0 Å². The Morgan fingerprint density at radius 2 is 1.94 bits per heavy atom. The highest BCUT2D eigenvalue weighted by atomic mass is 16.3. The number of hydrogen-bond donors (Lipinski definition) is 3. The molecule has 0 aliphatic rings. The van der Waals surface area contributed by atoms with Crippen molar-refractivity contribution in [1.82, 2.24) is 5.32 Å². The minimum Gasteiger partial charge on any atom is -0.394 e. The minimum absolute atomic E-state index is 0.0742. The zero-order valence-electron chi connectivity index (χ0n) is 10.3. The first-order chi connectivity index (χ1) is 8.06. The Kier molecular flexibility index (Phi) is 5.12. The van der Waals surface area contributed by atoms with Gasteiger partial charge >= 0.3 is 0 Å². The lowest BCUT2D eigenvalue weighted by Crippen LogP contribution is -2.45. The van der Waals surface area contributed by atoms with E-state index in [-0.39, 0.29) is 18.4 Å². The van der Waals surface area contributed by atoms with Gasteiger partial charge in [-0.3, -0.25) is 4.79 Å². The summed E-state index contributed by atoms with van der Waals surface area (Å²) in [7, 11) is 0. The van der Waals surface area contributed by atoms with E-state index in [0.717, 1.165) is 5.56 Å². The van der Waals surface area contributed by atoms with Gasteiger partial charge in [0.15, 0.2) is 0 Å². The molecule has 1 rings (SSSR count). The summed E-state index contributed by atoms with van der Waals surface area (Å²) in [6, 6.07) is 8.41. The number of aliphatic hydroxyl groups is 1. The third kappa shape index (κ3) is 3.84. The lowest BCUT2D eigenvalue weighted by molar-refractivity contribution is -0.124. The van der Waals surface area contributed by atoms with Crippen molar-refractivity contribution in [2.45, 2.75) is 25.9 Å². The van der Waals surface area contributed by atoms with Gasteiger partial charge in [-0.2, -0.15) is 0 Å². The second-order valence-corrected chi connectivity index (χ2v) is 4.42. The van der Waals surface area contributed by atoms with Gasteiger partial charge in [-0.25, -0.2) is 0 Å². The summed E-state index contributed by atoms with van der Waals surface area (Å²) in [4.78, 5) is 11.8. The molecular formula is C13H20N2O2. The Hall–Kier alpha value is -1.39. The van der Waals surface area contributed by atoms with Crippen LogP contribution in [0.5, 0.6) is 0 Å². The molecule has 4 heteroatoms. The molecule has 0 aromatic heterocycles. The summed E-state index contributed by atoms with van der Waals surface area (Å²) in [5.74, 6) is -0.159. The van der Waals surface area contributed by atoms with Gasteiger partial charge in [-0.05, 0) is 11.5 Å². The summed E-state index contributed by atoms with van der Waals surface area (Å²) in [6.07, 6.45) is 0. The minimum atomic E-state index is -0.548. The van der Waals surface area contributed by atoms with Crippen molar-refractivity contribution in [3.8, 4) is 0 Å². The number of hydrogen-bond acceptors (Lipinski definition) is 3. The molecule has 1 aromatic rings. The molecule has 0 saturated carbocycles. The average molecular weight is 236 g/mol. The summed E-state index contributed by atoms with van der Waals surface area (Å²) in [5.41, 5.74) is 6.62. The number of carbonyl (C=O) groups excluding carboxylic acids is 1. The number of amides is 1. The molecule has 2 atom stereocenters. The molecule has 0 saturated heterocycles. The number of carbonyl (C=O) groups is 1.